The van der Waals surface area contributed by atoms with E-state index in [9.17, 15) is 9.59 Å². The number of para-hydroxylation sites is 1. The van der Waals surface area contributed by atoms with Crippen molar-refractivity contribution in [3.8, 4) is 5.75 Å². The topological polar surface area (TPSA) is 49.9 Å². The van der Waals surface area contributed by atoms with Crippen molar-refractivity contribution in [2.24, 2.45) is 11.8 Å². The van der Waals surface area contributed by atoms with Crippen LogP contribution in [0.4, 0.5) is 0 Å². The molecule has 1 aromatic carbocycles. The van der Waals surface area contributed by atoms with Crippen LogP contribution in [-0.4, -0.2) is 59.5 Å². The van der Waals surface area contributed by atoms with Crippen molar-refractivity contribution < 1.29 is 14.3 Å². The number of nitrogens with zero attached hydrogens (tertiary/aromatic N) is 2. The number of likely N-dealkylation sites (tertiary alicyclic amines) is 1. The lowest BCUT2D eigenvalue weighted by Gasteiger charge is -2.36. The molecule has 0 bridgehead atoms. The number of thioether (sulfide) groups is 1. The summed E-state index contributed by atoms with van der Waals surface area (Å²) < 4.78 is 5.49. The second-order valence-corrected chi connectivity index (χ2v) is 9.59. The molecular weight excluding hydrogens is 384 g/mol. The van der Waals surface area contributed by atoms with Gasteiger partial charge in [0.15, 0.2) is 0 Å². The van der Waals surface area contributed by atoms with E-state index in [0.717, 1.165) is 69.5 Å². The lowest BCUT2D eigenvalue weighted by molar-refractivity contribution is -0.146. The van der Waals surface area contributed by atoms with Crippen molar-refractivity contribution in [2.45, 2.75) is 51.0 Å². The molecule has 1 aliphatic carbocycles. The fourth-order valence-electron chi connectivity index (χ4n) is 5.02. The van der Waals surface area contributed by atoms with Crippen LogP contribution in [0.25, 0.3) is 0 Å². The first-order valence-corrected chi connectivity index (χ1v) is 12.1. The van der Waals surface area contributed by atoms with Gasteiger partial charge in [-0.05, 0) is 49.7 Å². The lowest BCUT2D eigenvalue weighted by Crippen LogP contribution is -2.52. The SMILES string of the molecule is COc1ccccc1CC1CCN(C(=O)C2CSCN2C(=O)C2CCCC2)CC1. The van der Waals surface area contributed by atoms with E-state index in [1.54, 1.807) is 18.9 Å². The molecule has 5 nitrogen and oxygen atoms in total. The molecule has 0 aromatic heterocycles. The van der Waals surface area contributed by atoms with Gasteiger partial charge in [0.2, 0.25) is 11.8 Å². The van der Waals surface area contributed by atoms with Gasteiger partial charge in [0.25, 0.3) is 0 Å². The van der Waals surface area contributed by atoms with Gasteiger partial charge in [-0.2, -0.15) is 0 Å². The number of methoxy groups -OCH3 is 1. The summed E-state index contributed by atoms with van der Waals surface area (Å²) in [5.74, 6) is 3.48. The summed E-state index contributed by atoms with van der Waals surface area (Å²) >= 11 is 1.72. The summed E-state index contributed by atoms with van der Waals surface area (Å²) in [5.41, 5.74) is 1.25. The number of carbonyl (C=O) groups excluding carboxylic acids is 2. The third kappa shape index (κ3) is 4.57. The highest BCUT2D eigenvalue weighted by molar-refractivity contribution is 7.99. The molecule has 1 saturated carbocycles. The summed E-state index contributed by atoms with van der Waals surface area (Å²) in [5, 5.41) is 0. The van der Waals surface area contributed by atoms with Crippen LogP contribution in [-0.2, 0) is 16.0 Å². The average molecular weight is 417 g/mol. The van der Waals surface area contributed by atoms with Crippen molar-refractivity contribution in [1.82, 2.24) is 9.80 Å². The largest absolute Gasteiger partial charge is 0.496 e. The Morgan fingerprint density at radius 3 is 2.52 bits per heavy atom. The summed E-state index contributed by atoms with van der Waals surface area (Å²) in [6.07, 6.45) is 7.31. The molecule has 0 spiro atoms. The molecule has 2 amide bonds. The normalized spacial score (nSPS) is 23.6. The van der Waals surface area contributed by atoms with Gasteiger partial charge in [-0.25, -0.2) is 0 Å². The predicted octanol–water partition coefficient (Wildman–Crippen LogP) is 3.57. The molecule has 1 atom stereocenters. The highest BCUT2D eigenvalue weighted by atomic mass is 32.2. The lowest BCUT2D eigenvalue weighted by atomic mass is 9.89. The molecule has 158 valence electrons. The Hall–Kier alpha value is -1.69. The van der Waals surface area contributed by atoms with Crippen LogP contribution in [0, 0.1) is 11.8 Å². The summed E-state index contributed by atoms with van der Waals surface area (Å²) in [6, 6.07) is 7.96. The molecule has 4 rings (SSSR count). The molecule has 2 saturated heterocycles. The number of ether oxygens (including phenoxy) is 1. The molecule has 3 fully saturated rings. The van der Waals surface area contributed by atoms with Crippen molar-refractivity contribution in [3.05, 3.63) is 29.8 Å². The van der Waals surface area contributed by atoms with Crippen LogP contribution in [0.2, 0.25) is 0 Å². The molecule has 29 heavy (non-hydrogen) atoms. The number of benzene rings is 1. The monoisotopic (exact) mass is 416 g/mol. The Labute approximate surface area is 178 Å². The van der Waals surface area contributed by atoms with E-state index in [0.29, 0.717) is 11.8 Å². The zero-order chi connectivity index (χ0) is 20.2. The fraction of sp³-hybridized carbons (Fsp3) is 0.652. The van der Waals surface area contributed by atoms with Gasteiger partial charge in [-0.1, -0.05) is 31.0 Å². The highest BCUT2D eigenvalue weighted by Crippen LogP contribution is 2.32. The Morgan fingerprint density at radius 2 is 1.79 bits per heavy atom. The molecule has 2 heterocycles. The second kappa shape index (κ2) is 9.41. The van der Waals surface area contributed by atoms with E-state index in [1.165, 1.54) is 5.56 Å². The Morgan fingerprint density at radius 1 is 1.07 bits per heavy atom. The Bertz CT molecular complexity index is 727. The first-order chi connectivity index (χ1) is 14.2. The quantitative estimate of drug-likeness (QED) is 0.736. The van der Waals surface area contributed by atoms with Crippen LogP contribution in [0.1, 0.15) is 44.1 Å². The zero-order valence-electron chi connectivity index (χ0n) is 17.3. The number of hydrogen-bond donors (Lipinski definition) is 0. The number of amides is 2. The number of piperidine rings is 1. The maximum Gasteiger partial charge on any atom is 0.246 e. The molecular formula is C23H32N2O3S. The first-order valence-electron chi connectivity index (χ1n) is 11.0. The van der Waals surface area contributed by atoms with Crippen LogP contribution in [0.3, 0.4) is 0 Å². The molecule has 0 N–H and O–H groups in total. The van der Waals surface area contributed by atoms with Crippen LogP contribution >= 0.6 is 11.8 Å². The van der Waals surface area contributed by atoms with Crippen molar-refractivity contribution >= 4 is 23.6 Å². The van der Waals surface area contributed by atoms with E-state index < -0.39 is 0 Å². The maximum atomic E-state index is 13.2. The highest BCUT2D eigenvalue weighted by Gasteiger charge is 2.40. The maximum absolute atomic E-state index is 13.2. The number of hydrogen-bond acceptors (Lipinski definition) is 4. The van der Waals surface area contributed by atoms with Gasteiger partial charge in [-0.3, -0.25) is 9.59 Å². The third-order valence-electron chi connectivity index (χ3n) is 6.78. The van der Waals surface area contributed by atoms with Gasteiger partial charge >= 0.3 is 0 Å². The second-order valence-electron chi connectivity index (χ2n) is 8.59. The minimum absolute atomic E-state index is 0.149. The summed E-state index contributed by atoms with van der Waals surface area (Å²) in [7, 11) is 1.72. The summed E-state index contributed by atoms with van der Waals surface area (Å²) in [4.78, 5) is 30.0. The van der Waals surface area contributed by atoms with Crippen LogP contribution in [0.5, 0.6) is 5.75 Å². The number of rotatable bonds is 5. The van der Waals surface area contributed by atoms with E-state index in [2.05, 4.69) is 12.1 Å². The molecule has 3 aliphatic rings. The number of carbonyl (C=O) groups is 2. The van der Waals surface area contributed by atoms with Gasteiger partial charge in [0, 0.05) is 24.8 Å². The van der Waals surface area contributed by atoms with Crippen molar-refractivity contribution in [3.63, 3.8) is 0 Å². The van der Waals surface area contributed by atoms with E-state index in [4.69, 9.17) is 4.74 Å². The standard InChI is InChI=1S/C23H32N2O3S/c1-28-21-9-5-4-8-19(21)14-17-10-12-24(13-11-17)23(27)20-15-29-16-25(20)22(26)18-6-2-3-7-18/h4-5,8-9,17-18,20H,2-3,6-7,10-16H2,1H3. The Kier molecular flexibility index (Phi) is 6.68. The first kappa shape index (κ1) is 20.6. The third-order valence-corrected chi connectivity index (χ3v) is 7.79. The smallest absolute Gasteiger partial charge is 0.246 e. The summed E-state index contributed by atoms with van der Waals surface area (Å²) in [6.45, 7) is 1.59. The molecule has 2 aliphatic heterocycles. The minimum atomic E-state index is -0.251. The molecule has 1 aromatic rings. The molecule has 0 radical (unpaired) electrons. The van der Waals surface area contributed by atoms with Gasteiger partial charge in [0.05, 0.1) is 13.0 Å². The fourth-order valence-corrected chi connectivity index (χ4v) is 6.18. The molecule has 6 heteroatoms. The van der Waals surface area contributed by atoms with E-state index in [1.807, 2.05) is 21.9 Å². The Balaban J connectivity index is 1.32. The van der Waals surface area contributed by atoms with Crippen molar-refractivity contribution in [1.29, 1.82) is 0 Å². The van der Waals surface area contributed by atoms with E-state index >= 15 is 0 Å². The van der Waals surface area contributed by atoms with Crippen molar-refractivity contribution in [2.75, 3.05) is 31.8 Å². The van der Waals surface area contributed by atoms with Gasteiger partial charge in [-0.15, -0.1) is 11.8 Å². The van der Waals surface area contributed by atoms with E-state index in [-0.39, 0.29) is 23.8 Å². The van der Waals surface area contributed by atoms with Gasteiger partial charge in [0.1, 0.15) is 11.8 Å². The zero-order valence-corrected chi connectivity index (χ0v) is 18.2. The van der Waals surface area contributed by atoms with Crippen LogP contribution < -0.4 is 4.74 Å². The molecule has 1 unspecified atom stereocenters. The minimum Gasteiger partial charge on any atom is -0.496 e. The van der Waals surface area contributed by atoms with Crippen LogP contribution in [0.15, 0.2) is 24.3 Å². The predicted molar refractivity (Wildman–Crippen MR) is 116 cm³/mol. The van der Waals surface area contributed by atoms with Gasteiger partial charge < -0.3 is 14.5 Å². The average Bonchev–Trinajstić information content (AvgIpc) is 3.46.